The lowest BCUT2D eigenvalue weighted by Crippen LogP contribution is -2.45. The second-order valence-corrected chi connectivity index (χ2v) is 4.80. The molecule has 1 aliphatic rings. The molecule has 1 amide bonds. The quantitative estimate of drug-likeness (QED) is 0.519. The van der Waals surface area contributed by atoms with E-state index in [4.69, 9.17) is 5.26 Å². The molecule has 0 aromatic heterocycles. The minimum Gasteiger partial charge on any atom is -0.334 e. The topological polar surface area (TPSA) is 52.9 Å². The lowest BCUT2D eigenvalue weighted by Gasteiger charge is -2.22. The molecule has 8 heteroatoms. The van der Waals surface area contributed by atoms with Crippen molar-refractivity contribution in [2.24, 2.45) is 0 Å². The predicted octanol–water partition coefficient (Wildman–Crippen LogP) is 2.95. The van der Waals surface area contributed by atoms with Crippen molar-refractivity contribution in [1.29, 1.82) is 5.26 Å². The van der Waals surface area contributed by atoms with Crippen LogP contribution in [0.2, 0.25) is 0 Å². The maximum Gasteiger partial charge on any atom is 0.258 e. The Labute approximate surface area is 116 Å². The van der Waals surface area contributed by atoms with Crippen LogP contribution < -0.4 is 5.32 Å². The largest absolute Gasteiger partial charge is 0.334 e. The molecular formula is C13H9F5N2O. The van der Waals surface area contributed by atoms with Crippen molar-refractivity contribution < 1.29 is 26.7 Å². The molecule has 1 aromatic carbocycles. The van der Waals surface area contributed by atoms with Gasteiger partial charge in [0.15, 0.2) is 23.3 Å². The smallest absolute Gasteiger partial charge is 0.258 e. The number of nitrogens with zero attached hydrogens (tertiary/aromatic N) is 1. The third kappa shape index (κ3) is 2.44. The number of hydrogen-bond acceptors (Lipinski definition) is 2. The molecule has 1 aromatic rings. The van der Waals surface area contributed by atoms with Gasteiger partial charge in [-0.3, -0.25) is 4.79 Å². The van der Waals surface area contributed by atoms with Crippen LogP contribution in [0.4, 0.5) is 22.0 Å². The highest BCUT2D eigenvalue weighted by molar-refractivity contribution is 5.95. The summed E-state index contributed by atoms with van der Waals surface area (Å²) < 4.78 is 66.0. The SMILES string of the molecule is N#CC1(NC(=O)c2c(F)c(F)c(F)c(F)c2F)CCCC1. The van der Waals surface area contributed by atoms with Gasteiger partial charge in [-0.05, 0) is 25.7 Å². The summed E-state index contributed by atoms with van der Waals surface area (Å²) in [5.74, 6) is -12.7. The second kappa shape index (κ2) is 5.31. The van der Waals surface area contributed by atoms with Crippen molar-refractivity contribution in [2.75, 3.05) is 0 Å². The third-order valence-electron chi connectivity index (χ3n) is 3.46. The van der Waals surface area contributed by atoms with Gasteiger partial charge in [0, 0.05) is 0 Å². The molecular weight excluding hydrogens is 295 g/mol. The fraction of sp³-hybridized carbons (Fsp3) is 0.385. The molecule has 0 atom stereocenters. The van der Waals surface area contributed by atoms with E-state index in [9.17, 15) is 26.7 Å². The van der Waals surface area contributed by atoms with Crippen molar-refractivity contribution in [3.05, 3.63) is 34.6 Å². The zero-order chi connectivity index (χ0) is 15.8. The molecule has 21 heavy (non-hydrogen) atoms. The second-order valence-electron chi connectivity index (χ2n) is 4.80. The first kappa shape index (κ1) is 15.2. The normalized spacial score (nSPS) is 16.6. The fourth-order valence-corrected chi connectivity index (χ4v) is 2.33. The fourth-order valence-electron chi connectivity index (χ4n) is 2.33. The molecule has 0 heterocycles. The Morgan fingerprint density at radius 2 is 1.38 bits per heavy atom. The number of carbonyl (C=O) groups is 1. The molecule has 1 saturated carbocycles. The van der Waals surface area contributed by atoms with Crippen molar-refractivity contribution in [1.82, 2.24) is 5.32 Å². The average molecular weight is 304 g/mol. The minimum absolute atomic E-state index is 0.255. The van der Waals surface area contributed by atoms with E-state index in [0.717, 1.165) is 0 Å². The van der Waals surface area contributed by atoms with Gasteiger partial charge in [-0.2, -0.15) is 5.26 Å². The van der Waals surface area contributed by atoms with E-state index >= 15 is 0 Å². The van der Waals surface area contributed by atoms with Gasteiger partial charge in [-0.1, -0.05) is 0 Å². The van der Waals surface area contributed by atoms with Gasteiger partial charge in [-0.15, -0.1) is 0 Å². The van der Waals surface area contributed by atoms with Crippen LogP contribution in [0.15, 0.2) is 0 Å². The summed E-state index contributed by atoms with van der Waals surface area (Å²) in [5.41, 5.74) is -2.91. The summed E-state index contributed by atoms with van der Waals surface area (Å²) in [6, 6.07) is 1.82. The summed E-state index contributed by atoms with van der Waals surface area (Å²) >= 11 is 0. The van der Waals surface area contributed by atoms with E-state index in [2.05, 4.69) is 5.32 Å². The Balaban J connectivity index is 2.43. The lowest BCUT2D eigenvalue weighted by molar-refractivity contribution is 0.0908. The zero-order valence-corrected chi connectivity index (χ0v) is 10.6. The van der Waals surface area contributed by atoms with Gasteiger partial charge in [0.25, 0.3) is 5.91 Å². The number of amides is 1. The highest BCUT2D eigenvalue weighted by atomic mass is 19.2. The van der Waals surface area contributed by atoms with Gasteiger partial charge >= 0.3 is 0 Å². The Morgan fingerprint density at radius 3 is 1.81 bits per heavy atom. The summed E-state index contributed by atoms with van der Waals surface area (Å²) in [7, 11) is 0. The monoisotopic (exact) mass is 304 g/mol. The number of nitrogens with one attached hydrogen (secondary N) is 1. The maximum atomic E-state index is 13.5. The van der Waals surface area contributed by atoms with E-state index in [1.165, 1.54) is 0 Å². The van der Waals surface area contributed by atoms with Gasteiger partial charge in [0.2, 0.25) is 5.82 Å². The highest BCUT2D eigenvalue weighted by Crippen LogP contribution is 2.30. The zero-order valence-electron chi connectivity index (χ0n) is 10.6. The van der Waals surface area contributed by atoms with Crippen LogP contribution in [0.5, 0.6) is 0 Å². The van der Waals surface area contributed by atoms with Crippen LogP contribution in [-0.4, -0.2) is 11.4 Å². The van der Waals surface area contributed by atoms with Crippen LogP contribution in [0.25, 0.3) is 0 Å². The molecule has 0 radical (unpaired) electrons. The van der Waals surface area contributed by atoms with Crippen LogP contribution in [0, 0.1) is 40.4 Å². The molecule has 112 valence electrons. The average Bonchev–Trinajstić information content (AvgIpc) is 2.92. The first-order valence-electron chi connectivity index (χ1n) is 6.08. The van der Waals surface area contributed by atoms with E-state index in [0.29, 0.717) is 12.8 Å². The molecule has 3 nitrogen and oxygen atoms in total. The number of benzene rings is 1. The molecule has 0 saturated heterocycles. The first-order valence-corrected chi connectivity index (χ1v) is 6.08. The highest BCUT2D eigenvalue weighted by Gasteiger charge is 2.38. The number of carbonyl (C=O) groups excluding carboxylic acids is 1. The van der Waals surface area contributed by atoms with Gasteiger partial charge in [0.1, 0.15) is 11.1 Å². The van der Waals surface area contributed by atoms with Crippen LogP contribution in [0.1, 0.15) is 36.0 Å². The number of nitriles is 1. The number of halogens is 5. The Morgan fingerprint density at radius 1 is 0.952 bits per heavy atom. The van der Waals surface area contributed by atoms with Crippen molar-refractivity contribution >= 4 is 5.91 Å². The Hall–Kier alpha value is -2.17. The molecule has 0 unspecified atom stereocenters. The Bertz CT molecular complexity index is 618. The van der Waals surface area contributed by atoms with E-state index in [1.807, 2.05) is 6.07 Å². The van der Waals surface area contributed by atoms with Crippen molar-refractivity contribution in [3.63, 3.8) is 0 Å². The van der Waals surface area contributed by atoms with Gasteiger partial charge < -0.3 is 5.32 Å². The summed E-state index contributed by atoms with van der Waals surface area (Å²) in [4.78, 5) is 11.8. The molecule has 0 bridgehead atoms. The predicted molar refractivity (Wildman–Crippen MR) is 60.5 cm³/mol. The van der Waals surface area contributed by atoms with Gasteiger partial charge in [-0.25, -0.2) is 22.0 Å². The van der Waals surface area contributed by atoms with Gasteiger partial charge in [0.05, 0.1) is 6.07 Å². The van der Waals surface area contributed by atoms with Crippen molar-refractivity contribution in [2.45, 2.75) is 31.2 Å². The number of hydrogen-bond donors (Lipinski definition) is 1. The molecule has 2 rings (SSSR count). The maximum absolute atomic E-state index is 13.5. The first-order chi connectivity index (χ1) is 9.83. The molecule has 1 N–H and O–H groups in total. The lowest BCUT2D eigenvalue weighted by atomic mass is 9.99. The molecule has 0 spiro atoms. The summed E-state index contributed by atoms with van der Waals surface area (Å²) in [6.45, 7) is 0. The number of rotatable bonds is 2. The molecule has 1 aliphatic carbocycles. The van der Waals surface area contributed by atoms with Crippen molar-refractivity contribution in [3.8, 4) is 6.07 Å². The molecule has 0 aliphatic heterocycles. The van der Waals surface area contributed by atoms with Crippen LogP contribution >= 0.6 is 0 Å². The third-order valence-corrected chi connectivity index (χ3v) is 3.46. The standard InChI is InChI=1S/C13H9F5N2O/c14-7-6(8(15)10(17)11(18)9(7)16)12(21)20-13(5-19)3-1-2-4-13/h1-4H2,(H,20,21). The molecule has 1 fully saturated rings. The van der Waals surface area contributed by atoms with Crippen LogP contribution in [-0.2, 0) is 0 Å². The summed E-state index contributed by atoms with van der Waals surface area (Å²) in [6.07, 6.45) is 1.74. The summed E-state index contributed by atoms with van der Waals surface area (Å²) in [5, 5.41) is 11.1. The van der Waals surface area contributed by atoms with Crippen LogP contribution in [0.3, 0.4) is 0 Å². The Kier molecular flexibility index (Phi) is 3.85. The van der Waals surface area contributed by atoms with E-state index in [-0.39, 0.29) is 12.8 Å². The minimum atomic E-state index is -2.34. The van der Waals surface area contributed by atoms with E-state index in [1.54, 1.807) is 0 Å². The van der Waals surface area contributed by atoms with E-state index < -0.39 is 46.1 Å².